The maximum absolute atomic E-state index is 13.6. The van der Waals surface area contributed by atoms with Crippen LogP contribution in [0.5, 0.6) is 0 Å². The van der Waals surface area contributed by atoms with Crippen LogP contribution in [0.15, 0.2) is 93.1 Å². The Kier molecular flexibility index (Phi) is 5.50. The Morgan fingerprint density at radius 2 is 1.64 bits per heavy atom. The first-order valence-electron chi connectivity index (χ1n) is 11.9. The minimum absolute atomic E-state index is 0.260. The number of allylic oxidation sites excluding steroid dienone is 1. The maximum Gasteiger partial charge on any atom is 0.433 e. The molecule has 2 atom stereocenters. The lowest BCUT2D eigenvalue weighted by Gasteiger charge is -2.49. The van der Waals surface area contributed by atoms with Crippen molar-refractivity contribution in [3.8, 4) is 0 Å². The van der Waals surface area contributed by atoms with Crippen LogP contribution >= 0.6 is 11.3 Å². The molecule has 2 amide bonds. The second kappa shape index (κ2) is 8.81. The molecule has 2 aromatic carbocycles. The number of thiazole rings is 1. The van der Waals surface area contributed by atoms with Crippen LogP contribution in [0, 0.1) is 10.1 Å². The van der Waals surface area contributed by atoms with Gasteiger partial charge in [0.25, 0.3) is 5.56 Å². The molecule has 1 saturated heterocycles. The molecule has 2 aliphatic rings. The average molecular weight is 543 g/mol. The number of nitrogens with zero attached hydrogens (tertiary/aromatic N) is 5. The summed E-state index contributed by atoms with van der Waals surface area (Å²) in [6.45, 7) is 0. The molecule has 0 saturated carbocycles. The number of hydrogen-bond acceptors (Lipinski definition) is 8. The van der Waals surface area contributed by atoms with Crippen molar-refractivity contribution in [1.82, 2.24) is 14.5 Å². The summed E-state index contributed by atoms with van der Waals surface area (Å²) in [5, 5.41) is 10.9. The Hall–Kier alpha value is -4.97. The van der Waals surface area contributed by atoms with Gasteiger partial charge >= 0.3 is 11.9 Å². The Morgan fingerprint density at radius 3 is 2.28 bits per heavy atom. The molecule has 0 radical (unpaired) electrons. The molecule has 1 fully saturated rings. The predicted molar refractivity (Wildman–Crippen MR) is 145 cm³/mol. The summed E-state index contributed by atoms with van der Waals surface area (Å²) in [6.07, 6.45) is 4.72. The van der Waals surface area contributed by atoms with Gasteiger partial charge in [0.15, 0.2) is 0 Å². The van der Waals surface area contributed by atoms with Crippen molar-refractivity contribution in [1.29, 1.82) is 0 Å². The number of nitro groups is 1. The fraction of sp³-hybridized carbons (Fsp3) is 0.148. The van der Waals surface area contributed by atoms with Crippen LogP contribution in [0.3, 0.4) is 0 Å². The second-order valence-corrected chi connectivity index (χ2v) is 10.1. The van der Waals surface area contributed by atoms with Crippen LogP contribution < -0.4 is 20.3 Å². The second-order valence-electron chi connectivity index (χ2n) is 9.09. The van der Waals surface area contributed by atoms with Gasteiger partial charge in [0, 0.05) is 25.2 Å². The van der Waals surface area contributed by atoms with E-state index in [1.165, 1.54) is 34.2 Å². The van der Waals surface area contributed by atoms with Crippen LogP contribution in [-0.2, 0) is 11.3 Å². The third kappa shape index (κ3) is 3.38. The van der Waals surface area contributed by atoms with E-state index < -0.39 is 16.2 Å². The van der Waals surface area contributed by atoms with Gasteiger partial charge < -0.3 is 4.42 Å². The van der Waals surface area contributed by atoms with Crippen molar-refractivity contribution in [2.45, 2.75) is 11.3 Å². The van der Waals surface area contributed by atoms with Crippen molar-refractivity contribution in [2.24, 2.45) is 4.99 Å². The average Bonchev–Trinajstić information content (AvgIpc) is 3.60. The third-order valence-electron chi connectivity index (χ3n) is 7.07. The molecule has 1 N–H and O–H groups in total. The van der Waals surface area contributed by atoms with Crippen LogP contribution in [0.1, 0.15) is 16.9 Å². The molecule has 12 heteroatoms. The van der Waals surface area contributed by atoms with Gasteiger partial charge in [0.2, 0.25) is 16.1 Å². The van der Waals surface area contributed by atoms with E-state index in [1.807, 2.05) is 60.7 Å². The molecule has 2 aliphatic heterocycles. The summed E-state index contributed by atoms with van der Waals surface area (Å²) in [6, 6.07) is 21.5. The number of benzene rings is 2. The van der Waals surface area contributed by atoms with Crippen LogP contribution in [0.25, 0.3) is 12.2 Å². The van der Waals surface area contributed by atoms with Crippen molar-refractivity contribution in [3.63, 3.8) is 0 Å². The number of hydrogen-bond donors (Lipinski definition) is 1. The number of rotatable bonds is 5. The third-order valence-corrected chi connectivity index (χ3v) is 8.06. The number of urea groups is 1. The summed E-state index contributed by atoms with van der Waals surface area (Å²) in [7, 11) is 3.40. The highest BCUT2D eigenvalue weighted by molar-refractivity contribution is 7.07. The lowest BCUT2D eigenvalue weighted by atomic mass is 9.80. The maximum atomic E-state index is 13.6. The summed E-state index contributed by atoms with van der Waals surface area (Å²) in [5.41, 5.74) is 2.10. The largest absolute Gasteiger partial charge is 0.433 e. The van der Waals surface area contributed by atoms with E-state index in [1.54, 1.807) is 36.0 Å². The minimum Gasteiger partial charge on any atom is -0.401 e. The van der Waals surface area contributed by atoms with E-state index >= 15 is 0 Å². The zero-order chi connectivity index (χ0) is 27.4. The summed E-state index contributed by atoms with van der Waals surface area (Å²) < 4.78 is 6.89. The molecule has 0 spiro atoms. The Bertz CT molecular complexity index is 1810. The molecule has 2 aromatic heterocycles. The molecule has 4 heterocycles. The molecule has 6 rings (SSSR count). The lowest BCUT2D eigenvalue weighted by molar-refractivity contribution is -0.402. The Morgan fingerprint density at radius 1 is 0.974 bits per heavy atom. The van der Waals surface area contributed by atoms with E-state index in [9.17, 15) is 19.7 Å². The Balaban J connectivity index is 1.57. The fourth-order valence-corrected chi connectivity index (χ4v) is 6.21. The molecule has 0 bridgehead atoms. The molecule has 11 nitrogen and oxygen atoms in total. The van der Waals surface area contributed by atoms with Crippen molar-refractivity contribution < 1.29 is 14.1 Å². The van der Waals surface area contributed by atoms with Gasteiger partial charge in [-0.15, -0.1) is 0 Å². The molecular formula is C27H22N6O5S. The molecule has 0 unspecified atom stereocenters. The van der Waals surface area contributed by atoms with E-state index in [-0.39, 0.29) is 23.2 Å². The highest BCUT2D eigenvalue weighted by atomic mass is 32.1. The number of aromatic nitrogens is 1. The zero-order valence-corrected chi connectivity index (χ0v) is 21.7. The standard InChI is InChI=1S/C27H22N6O5S/c1-30-25(35)31(2)27(19-12-7-4-8-13-19)26(30,18-10-5-3-6-11-18)28-24-32(29-27)23(34)21(39-24)15-9-14-20-16-17-22(38-20)33(36)37/h3-17,29H,1-2H3/b14-9-,21-15-/t26-,27+/m1/s1. The van der Waals surface area contributed by atoms with Gasteiger partial charge in [-0.25, -0.2) is 9.79 Å². The highest BCUT2D eigenvalue weighted by Gasteiger charge is 2.69. The van der Waals surface area contributed by atoms with Gasteiger partial charge in [-0.05, 0) is 18.2 Å². The zero-order valence-electron chi connectivity index (χ0n) is 20.8. The topological polar surface area (TPSA) is 126 Å². The number of furan rings is 1. The van der Waals surface area contributed by atoms with Gasteiger partial charge in [0.1, 0.15) is 10.7 Å². The van der Waals surface area contributed by atoms with Crippen LogP contribution in [0.2, 0.25) is 0 Å². The molecular weight excluding hydrogens is 520 g/mol. The first kappa shape index (κ1) is 24.4. The van der Waals surface area contributed by atoms with Crippen molar-refractivity contribution in [3.05, 3.63) is 126 Å². The molecule has 39 heavy (non-hydrogen) atoms. The number of nitrogens with one attached hydrogen (secondary N) is 1. The first-order chi connectivity index (χ1) is 18.8. The number of carbonyl (C=O) groups is 1. The van der Waals surface area contributed by atoms with E-state index in [0.29, 0.717) is 9.33 Å². The first-order valence-corrected chi connectivity index (χ1v) is 12.8. The van der Waals surface area contributed by atoms with Gasteiger partial charge in [0.05, 0.1) is 10.6 Å². The summed E-state index contributed by atoms with van der Waals surface area (Å²) in [5.74, 6) is -0.0828. The molecule has 4 aromatic rings. The van der Waals surface area contributed by atoms with Gasteiger partial charge in [-0.3, -0.25) is 30.1 Å². The van der Waals surface area contributed by atoms with Crippen LogP contribution in [-0.4, -0.2) is 39.5 Å². The van der Waals surface area contributed by atoms with E-state index in [2.05, 4.69) is 5.43 Å². The quantitative estimate of drug-likeness (QED) is 0.305. The SMILES string of the molecule is CN1C(=O)N(C)[C@]2(c3ccccc3)Nn3c(s/c(=C\C=C/c4ccc([N+](=O)[O-])o4)c3=O)=N[C@]12c1ccccc1. The van der Waals surface area contributed by atoms with Crippen molar-refractivity contribution >= 4 is 35.4 Å². The number of carbonyl (C=O) groups excluding carboxylic acids is 1. The molecule has 0 aliphatic carbocycles. The molecule has 196 valence electrons. The fourth-order valence-electron chi connectivity index (χ4n) is 5.29. The monoisotopic (exact) mass is 542 g/mol. The lowest BCUT2D eigenvalue weighted by Crippen LogP contribution is -2.67. The number of amides is 2. The minimum atomic E-state index is -1.25. The van der Waals surface area contributed by atoms with Gasteiger partial charge in [-0.2, -0.15) is 4.68 Å². The summed E-state index contributed by atoms with van der Waals surface area (Å²) in [4.78, 5) is 46.1. The number of fused-ring (bicyclic) bond motifs is 2. The van der Waals surface area contributed by atoms with Gasteiger partial charge in [-0.1, -0.05) is 78.1 Å². The van der Waals surface area contributed by atoms with Crippen molar-refractivity contribution in [2.75, 3.05) is 19.5 Å². The normalized spacial score (nSPS) is 22.5. The van der Waals surface area contributed by atoms with Crippen LogP contribution in [0.4, 0.5) is 10.7 Å². The van der Waals surface area contributed by atoms with E-state index in [4.69, 9.17) is 9.41 Å². The van der Waals surface area contributed by atoms with E-state index in [0.717, 1.165) is 11.1 Å². The number of likely N-dealkylation sites (N-methyl/N-ethyl adjacent to an activating group) is 2. The highest BCUT2D eigenvalue weighted by Crippen LogP contribution is 2.53. The predicted octanol–water partition coefficient (Wildman–Crippen LogP) is 2.78. The Labute approximate surface area is 225 Å². The smallest absolute Gasteiger partial charge is 0.401 e. The summed E-state index contributed by atoms with van der Waals surface area (Å²) >= 11 is 1.17.